The first-order valence-electron chi connectivity index (χ1n) is 10.9. The summed E-state index contributed by atoms with van der Waals surface area (Å²) in [5.74, 6) is 0.0638. The van der Waals surface area contributed by atoms with E-state index >= 15 is 0 Å². The summed E-state index contributed by atoms with van der Waals surface area (Å²) in [6, 6.07) is 16.7. The van der Waals surface area contributed by atoms with Crippen LogP contribution in [0.5, 0.6) is 0 Å². The van der Waals surface area contributed by atoms with Crippen molar-refractivity contribution in [2.24, 2.45) is 17.8 Å². The molecule has 0 aromatic heterocycles. The highest BCUT2D eigenvalue weighted by Gasteiger charge is 2.42. The van der Waals surface area contributed by atoms with Crippen molar-refractivity contribution >= 4 is 12.1 Å². The van der Waals surface area contributed by atoms with Crippen molar-refractivity contribution < 1.29 is 19.4 Å². The Labute approximate surface area is 176 Å². The van der Waals surface area contributed by atoms with Crippen LogP contribution in [0, 0.1) is 17.8 Å². The van der Waals surface area contributed by atoms with Crippen LogP contribution < -0.4 is 0 Å². The monoisotopic (exact) mass is 405 g/mol. The number of nitrogens with zero attached hydrogens (tertiary/aromatic N) is 1. The minimum atomic E-state index is -0.730. The molecule has 0 radical (unpaired) electrons. The molecule has 2 bridgehead atoms. The molecule has 30 heavy (non-hydrogen) atoms. The van der Waals surface area contributed by atoms with Gasteiger partial charge < -0.3 is 14.7 Å². The fraction of sp³-hybridized carbons (Fsp3) is 0.440. The van der Waals surface area contributed by atoms with Gasteiger partial charge in [0, 0.05) is 25.4 Å². The second-order valence-electron chi connectivity index (χ2n) is 8.92. The van der Waals surface area contributed by atoms with Crippen molar-refractivity contribution in [3.8, 4) is 11.1 Å². The lowest BCUT2D eigenvalue weighted by molar-refractivity contribution is -0.140. The SMILES string of the molecule is O=C(O)CC1C2CCCC1CN(C(=O)OCC1c3ccccc3-c3ccccc31)C2. The molecule has 2 atom stereocenters. The Kier molecular flexibility index (Phi) is 4.97. The topological polar surface area (TPSA) is 66.8 Å². The molecule has 1 heterocycles. The zero-order valence-corrected chi connectivity index (χ0v) is 17.0. The average Bonchev–Trinajstić information content (AvgIpc) is 3.05. The van der Waals surface area contributed by atoms with Crippen LogP contribution in [0.2, 0.25) is 0 Å². The molecular weight excluding hydrogens is 378 g/mol. The second-order valence-corrected chi connectivity index (χ2v) is 8.92. The van der Waals surface area contributed by atoms with E-state index < -0.39 is 5.97 Å². The third kappa shape index (κ3) is 3.36. The van der Waals surface area contributed by atoms with E-state index in [1.54, 1.807) is 0 Å². The van der Waals surface area contributed by atoms with Gasteiger partial charge in [-0.25, -0.2) is 4.79 Å². The van der Waals surface area contributed by atoms with E-state index in [1.165, 1.54) is 22.3 Å². The van der Waals surface area contributed by atoms with Crippen molar-refractivity contribution in [3.05, 3.63) is 59.7 Å². The van der Waals surface area contributed by atoms with Gasteiger partial charge >= 0.3 is 12.1 Å². The van der Waals surface area contributed by atoms with Gasteiger partial charge in [0.25, 0.3) is 0 Å². The smallest absolute Gasteiger partial charge is 0.409 e. The summed E-state index contributed by atoms with van der Waals surface area (Å²) in [6.07, 6.45) is 3.09. The van der Waals surface area contributed by atoms with E-state index in [4.69, 9.17) is 4.74 Å². The number of ether oxygens (including phenoxy) is 1. The second kappa shape index (κ2) is 7.78. The normalized spacial score (nSPS) is 24.8. The van der Waals surface area contributed by atoms with Gasteiger partial charge in [-0.2, -0.15) is 0 Å². The number of piperidine rings is 1. The number of likely N-dealkylation sites (tertiary alicyclic amines) is 1. The first-order chi connectivity index (χ1) is 14.6. The van der Waals surface area contributed by atoms with Crippen molar-refractivity contribution in [2.75, 3.05) is 19.7 Å². The molecule has 1 N–H and O–H groups in total. The van der Waals surface area contributed by atoms with Gasteiger partial charge in [0.15, 0.2) is 0 Å². The molecule has 2 aromatic carbocycles. The van der Waals surface area contributed by atoms with Crippen LogP contribution >= 0.6 is 0 Å². The third-order valence-corrected chi connectivity index (χ3v) is 7.28. The minimum absolute atomic E-state index is 0.0606. The van der Waals surface area contributed by atoms with E-state index in [0.29, 0.717) is 19.7 Å². The summed E-state index contributed by atoms with van der Waals surface area (Å²) < 4.78 is 5.83. The maximum atomic E-state index is 12.9. The number of carbonyl (C=O) groups is 2. The van der Waals surface area contributed by atoms with Gasteiger partial charge in [0.2, 0.25) is 0 Å². The lowest BCUT2D eigenvalue weighted by Gasteiger charge is -2.46. The van der Waals surface area contributed by atoms with Crippen LogP contribution in [0.3, 0.4) is 0 Å². The van der Waals surface area contributed by atoms with Crippen molar-refractivity contribution in [1.82, 2.24) is 4.90 Å². The largest absolute Gasteiger partial charge is 0.481 e. The Morgan fingerprint density at radius 2 is 1.50 bits per heavy atom. The molecule has 1 aliphatic heterocycles. The maximum absolute atomic E-state index is 12.9. The fourth-order valence-corrected chi connectivity index (χ4v) is 5.92. The molecule has 0 spiro atoms. The quantitative estimate of drug-likeness (QED) is 0.797. The molecule has 1 saturated carbocycles. The highest BCUT2D eigenvalue weighted by molar-refractivity contribution is 5.79. The van der Waals surface area contributed by atoms with Crippen molar-refractivity contribution in [3.63, 3.8) is 0 Å². The number of hydrogen-bond donors (Lipinski definition) is 1. The van der Waals surface area contributed by atoms with Crippen LogP contribution in [0.4, 0.5) is 4.79 Å². The van der Waals surface area contributed by atoms with Crippen LogP contribution in [-0.4, -0.2) is 41.8 Å². The molecule has 1 amide bonds. The predicted octanol–water partition coefficient (Wildman–Crippen LogP) is 4.76. The zero-order chi connectivity index (χ0) is 20.7. The van der Waals surface area contributed by atoms with E-state index in [9.17, 15) is 14.7 Å². The molecule has 5 heteroatoms. The summed E-state index contributed by atoms with van der Waals surface area (Å²) in [5.41, 5.74) is 4.86. The Morgan fingerprint density at radius 3 is 2.07 bits per heavy atom. The molecule has 2 fully saturated rings. The van der Waals surface area contributed by atoms with E-state index in [-0.39, 0.29) is 36.2 Å². The Morgan fingerprint density at radius 1 is 0.933 bits per heavy atom. The minimum Gasteiger partial charge on any atom is -0.481 e. The molecule has 2 aliphatic carbocycles. The van der Waals surface area contributed by atoms with Crippen LogP contribution in [0.15, 0.2) is 48.5 Å². The fourth-order valence-electron chi connectivity index (χ4n) is 5.92. The number of carboxylic acids is 1. The third-order valence-electron chi connectivity index (χ3n) is 7.28. The van der Waals surface area contributed by atoms with Crippen molar-refractivity contribution in [1.29, 1.82) is 0 Å². The first-order valence-corrected chi connectivity index (χ1v) is 10.9. The van der Waals surface area contributed by atoms with E-state index in [0.717, 1.165) is 19.3 Å². The molecular formula is C25H27NO4. The lowest BCUT2D eigenvalue weighted by Crippen LogP contribution is -2.51. The summed E-state index contributed by atoms with van der Waals surface area (Å²) in [6.45, 7) is 1.56. The first kappa shape index (κ1) is 19.2. The molecule has 2 aromatic rings. The summed E-state index contributed by atoms with van der Waals surface area (Å²) >= 11 is 0. The number of rotatable bonds is 4. The molecule has 3 aliphatic rings. The number of amides is 1. The Hall–Kier alpha value is -2.82. The highest BCUT2D eigenvalue weighted by Crippen LogP contribution is 2.45. The molecule has 1 saturated heterocycles. The molecule has 5 rings (SSSR count). The standard InChI is InChI=1S/C25H27NO4/c27-24(28)12-22-16-6-5-7-17(22)14-26(13-16)25(29)30-15-23-20-10-3-1-8-18(20)19-9-2-4-11-21(19)23/h1-4,8-11,16-17,22-23H,5-7,12-15H2,(H,27,28). The van der Waals surface area contributed by atoms with Gasteiger partial charge in [0.05, 0.1) is 0 Å². The maximum Gasteiger partial charge on any atom is 0.409 e. The number of aliphatic carboxylic acids is 1. The van der Waals surface area contributed by atoms with Crippen molar-refractivity contribution in [2.45, 2.75) is 31.6 Å². The predicted molar refractivity (Wildman–Crippen MR) is 113 cm³/mol. The molecule has 156 valence electrons. The number of carbonyl (C=O) groups excluding carboxylic acids is 1. The number of hydrogen-bond acceptors (Lipinski definition) is 3. The summed E-state index contributed by atoms with van der Waals surface area (Å²) in [7, 11) is 0. The van der Waals surface area contributed by atoms with Gasteiger partial charge in [-0.3, -0.25) is 4.79 Å². The van der Waals surface area contributed by atoms with Crippen LogP contribution in [0.25, 0.3) is 11.1 Å². The molecule has 2 unspecified atom stereocenters. The highest BCUT2D eigenvalue weighted by atomic mass is 16.6. The summed E-state index contributed by atoms with van der Waals surface area (Å²) in [5, 5.41) is 9.26. The van der Waals surface area contributed by atoms with E-state index in [2.05, 4.69) is 24.3 Å². The zero-order valence-electron chi connectivity index (χ0n) is 17.0. The van der Waals surface area contributed by atoms with Gasteiger partial charge in [-0.05, 0) is 52.8 Å². The lowest BCUT2D eigenvalue weighted by atomic mass is 9.68. The number of fused-ring (bicyclic) bond motifs is 5. The average molecular weight is 405 g/mol. The Bertz CT molecular complexity index is 912. The van der Waals surface area contributed by atoms with Gasteiger partial charge in [-0.15, -0.1) is 0 Å². The Balaban J connectivity index is 1.28. The van der Waals surface area contributed by atoms with Crippen LogP contribution in [-0.2, 0) is 9.53 Å². The summed E-state index contributed by atoms with van der Waals surface area (Å²) in [4.78, 5) is 26.0. The molecule has 5 nitrogen and oxygen atoms in total. The van der Waals surface area contributed by atoms with Gasteiger partial charge in [0.1, 0.15) is 6.61 Å². The number of carboxylic acid groups (broad SMARTS) is 1. The van der Waals surface area contributed by atoms with Gasteiger partial charge in [-0.1, -0.05) is 55.0 Å². The van der Waals surface area contributed by atoms with E-state index in [1.807, 2.05) is 29.2 Å². The number of benzene rings is 2. The van der Waals surface area contributed by atoms with Crippen LogP contribution in [0.1, 0.15) is 42.7 Å².